The molecule has 4 N–H and O–H groups in total. The second-order valence-electron chi connectivity index (χ2n) is 7.24. The van der Waals surface area contributed by atoms with Crippen LogP contribution >= 0.6 is 0 Å². The maximum atomic E-state index is 12.2. The smallest absolute Gasteiger partial charge is 0.407 e. The molecule has 4 rings (SSSR count). The van der Waals surface area contributed by atoms with Gasteiger partial charge in [0.15, 0.2) is 0 Å². The van der Waals surface area contributed by atoms with E-state index in [1.807, 2.05) is 24.3 Å². The number of nitrogens with one attached hydrogen (secondary N) is 1. The van der Waals surface area contributed by atoms with E-state index in [9.17, 15) is 9.59 Å². The van der Waals surface area contributed by atoms with E-state index in [1.165, 1.54) is 11.1 Å². The number of nitrogens with two attached hydrogens (primary N) is 1. The zero-order valence-corrected chi connectivity index (χ0v) is 16.2. The van der Waals surface area contributed by atoms with Crippen LogP contribution in [0.4, 0.5) is 4.79 Å². The maximum Gasteiger partial charge on any atom is 0.407 e. The first kappa shape index (κ1) is 19.7. The molecule has 0 aromatic heterocycles. The fourth-order valence-corrected chi connectivity index (χ4v) is 3.81. The van der Waals surface area contributed by atoms with Crippen LogP contribution in [0.15, 0.2) is 72.8 Å². The Kier molecular flexibility index (Phi) is 5.50. The fourth-order valence-electron chi connectivity index (χ4n) is 3.81. The summed E-state index contributed by atoms with van der Waals surface area (Å²) in [7, 11) is 0. The van der Waals surface area contributed by atoms with E-state index < -0.39 is 18.1 Å². The highest BCUT2D eigenvalue weighted by Crippen LogP contribution is 2.44. The highest BCUT2D eigenvalue weighted by Gasteiger charge is 2.28. The molecule has 152 valence electrons. The van der Waals surface area contributed by atoms with Gasteiger partial charge in [-0.15, -0.1) is 0 Å². The van der Waals surface area contributed by atoms with Crippen LogP contribution in [0, 0.1) is 0 Å². The number of hydrogen-bond donors (Lipinski definition) is 3. The SMILES string of the molecule is NC(C(=O)O)c1ccc(CNC(=O)OCC2c3ccccc3-c3ccccc32)cc1. The van der Waals surface area contributed by atoms with Crippen LogP contribution in [0.3, 0.4) is 0 Å². The first-order valence-electron chi connectivity index (χ1n) is 9.70. The van der Waals surface area contributed by atoms with E-state index in [1.54, 1.807) is 24.3 Å². The number of aliphatic carboxylic acids is 1. The number of alkyl carbamates (subject to hydrolysis) is 1. The van der Waals surface area contributed by atoms with Crippen LogP contribution in [0.1, 0.15) is 34.2 Å². The van der Waals surface area contributed by atoms with Crippen molar-refractivity contribution in [1.29, 1.82) is 0 Å². The van der Waals surface area contributed by atoms with Crippen molar-refractivity contribution in [3.05, 3.63) is 95.1 Å². The van der Waals surface area contributed by atoms with Gasteiger partial charge in [0.05, 0.1) is 0 Å². The van der Waals surface area contributed by atoms with Gasteiger partial charge in [-0.25, -0.2) is 4.79 Å². The summed E-state index contributed by atoms with van der Waals surface area (Å²) in [6.45, 7) is 0.533. The van der Waals surface area contributed by atoms with Crippen molar-refractivity contribution in [2.45, 2.75) is 18.5 Å². The molecule has 0 heterocycles. The van der Waals surface area contributed by atoms with E-state index in [-0.39, 0.29) is 19.1 Å². The number of carboxylic acids is 1. The second-order valence-corrected chi connectivity index (χ2v) is 7.24. The Morgan fingerprint density at radius 3 is 2.07 bits per heavy atom. The van der Waals surface area contributed by atoms with Crippen LogP contribution in [0.25, 0.3) is 11.1 Å². The van der Waals surface area contributed by atoms with Crippen LogP contribution in [0.2, 0.25) is 0 Å². The van der Waals surface area contributed by atoms with Crippen molar-refractivity contribution in [3.8, 4) is 11.1 Å². The summed E-state index contributed by atoms with van der Waals surface area (Å²) in [6, 6.07) is 22.1. The molecular weight excluding hydrogens is 380 g/mol. The number of carbonyl (C=O) groups is 2. The first-order valence-corrected chi connectivity index (χ1v) is 9.70. The third kappa shape index (κ3) is 3.90. The molecule has 0 saturated carbocycles. The Labute approximate surface area is 174 Å². The van der Waals surface area contributed by atoms with Crippen molar-refractivity contribution in [2.24, 2.45) is 5.73 Å². The summed E-state index contributed by atoms with van der Waals surface area (Å²) >= 11 is 0. The average molecular weight is 402 g/mol. The number of ether oxygens (including phenoxy) is 1. The number of benzene rings is 3. The molecule has 1 aliphatic carbocycles. The summed E-state index contributed by atoms with van der Waals surface area (Å²) in [5.74, 6) is -1.07. The monoisotopic (exact) mass is 402 g/mol. The van der Waals surface area contributed by atoms with E-state index >= 15 is 0 Å². The predicted molar refractivity (Wildman–Crippen MR) is 113 cm³/mol. The number of carboxylic acid groups (broad SMARTS) is 1. The maximum absolute atomic E-state index is 12.2. The lowest BCUT2D eigenvalue weighted by Crippen LogP contribution is -2.25. The zero-order valence-electron chi connectivity index (χ0n) is 16.2. The van der Waals surface area contributed by atoms with Gasteiger partial charge in [-0.1, -0.05) is 72.8 Å². The molecule has 1 amide bonds. The lowest BCUT2D eigenvalue weighted by Gasteiger charge is -2.14. The van der Waals surface area contributed by atoms with Crippen LogP contribution in [0.5, 0.6) is 0 Å². The first-order chi connectivity index (χ1) is 14.5. The number of hydrogen-bond acceptors (Lipinski definition) is 4. The van der Waals surface area contributed by atoms with E-state index in [0.29, 0.717) is 5.56 Å². The summed E-state index contributed by atoms with van der Waals surface area (Å²) in [5, 5.41) is 11.7. The second kappa shape index (κ2) is 8.39. The van der Waals surface area contributed by atoms with Gasteiger partial charge in [0, 0.05) is 12.5 Å². The van der Waals surface area contributed by atoms with Crippen molar-refractivity contribution >= 4 is 12.1 Å². The summed E-state index contributed by atoms with van der Waals surface area (Å²) in [5.41, 5.74) is 11.6. The Balaban J connectivity index is 1.35. The Bertz CT molecular complexity index is 1030. The van der Waals surface area contributed by atoms with E-state index in [2.05, 4.69) is 29.6 Å². The quantitative estimate of drug-likeness (QED) is 0.582. The molecule has 3 aromatic rings. The predicted octanol–water partition coefficient (Wildman–Crippen LogP) is 3.81. The average Bonchev–Trinajstić information content (AvgIpc) is 3.10. The summed E-state index contributed by atoms with van der Waals surface area (Å²) in [4.78, 5) is 23.2. The van der Waals surface area contributed by atoms with E-state index in [0.717, 1.165) is 16.7 Å². The van der Waals surface area contributed by atoms with Crippen molar-refractivity contribution < 1.29 is 19.4 Å². The van der Waals surface area contributed by atoms with Crippen LogP contribution < -0.4 is 11.1 Å². The van der Waals surface area contributed by atoms with Gasteiger partial charge in [-0.2, -0.15) is 0 Å². The number of fused-ring (bicyclic) bond motifs is 3. The molecule has 0 spiro atoms. The molecule has 3 aromatic carbocycles. The van der Waals surface area contributed by atoms with Gasteiger partial charge in [-0.05, 0) is 33.4 Å². The minimum Gasteiger partial charge on any atom is -0.480 e. The topological polar surface area (TPSA) is 102 Å². The molecule has 0 fully saturated rings. The van der Waals surface area contributed by atoms with Gasteiger partial charge in [0.25, 0.3) is 0 Å². The van der Waals surface area contributed by atoms with Crippen LogP contribution in [-0.2, 0) is 16.1 Å². The van der Waals surface area contributed by atoms with Crippen molar-refractivity contribution in [1.82, 2.24) is 5.32 Å². The molecule has 0 aliphatic heterocycles. The Morgan fingerprint density at radius 1 is 0.933 bits per heavy atom. The minimum atomic E-state index is -1.08. The molecular formula is C24H22N2O4. The molecule has 1 aliphatic rings. The summed E-state index contributed by atoms with van der Waals surface area (Å²) in [6.07, 6.45) is -0.497. The van der Waals surface area contributed by atoms with Gasteiger partial charge in [0.2, 0.25) is 0 Å². The minimum absolute atomic E-state index is 0.0138. The molecule has 0 radical (unpaired) electrons. The molecule has 0 bridgehead atoms. The molecule has 0 saturated heterocycles. The van der Waals surface area contributed by atoms with Crippen molar-refractivity contribution in [2.75, 3.05) is 6.61 Å². The van der Waals surface area contributed by atoms with E-state index in [4.69, 9.17) is 15.6 Å². The molecule has 1 atom stereocenters. The molecule has 6 heteroatoms. The van der Waals surface area contributed by atoms with Crippen molar-refractivity contribution in [3.63, 3.8) is 0 Å². The van der Waals surface area contributed by atoms with Gasteiger partial charge in [-0.3, -0.25) is 4.79 Å². The van der Waals surface area contributed by atoms with Gasteiger partial charge < -0.3 is 20.9 Å². The normalized spacial score (nSPS) is 13.2. The Morgan fingerprint density at radius 2 is 1.50 bits per heavy atom. The zero-order chi connectivity index (χ0) is 21.1. The van der Waals surface area contributed by atoms with Gasteiger partial charge in [0.1, 0.15) is 12.6 Å². The number of carbonyl (C=O) groups excluding carboxylic acids is 1. The summed E-state index contributed by atoms with van der Waals surface area (Å²) < 4.78 is 5.51. The molecule has 30 heavy (non-hydrogen) atoms. The largest absolute Gasteiger partial charge is 0.480 e. The van der Waals surface area contributed by atoms with Gasteiger partial charge >= 0.3 is 12.1 Å². The molecule has 6 nitrogen and oxygen atoms in total. The highest BCUT2D eigenvalue weighted by molar-refractivity contribution is 5.79. The third-order valence-electron chi connectivity index (χ3n) is 5.39. The van der Waals surface area contributed by atoms with Crippen LogP contribution in [-0.4, -0.2) is 23.8 Å². The fraction of sp³-hybridized carbons (Fsp3) is 0.167. The number of amides is 1. The number of rotatable bonds is 6. The third-order valence-corrected chi connectivity index (χ3v) is 5.39. The molecule has 1 unspecified atom stereocenters. The standard InChI is InChI=1S/C24H22N2O4/c25-22(23(27)28)16-11-9-15(10-12-16)13-26-24(29)30-14-21-19-7-3-1-5-17(19)18-6-2-4-8-20(18)21/h1-12,21-22H,13-14,25H2,(H,26,29)(H,27,28). The lowest BCUT2D eigenvalue weighted by molar-refractivity contribution is -0.138. The Hall–Kier alpha value is -3.64. The lowest BCUT2D eigenvalue weighted by atomic mass is 9.98. The highest BCUT2D eigenvalue weighted by atomic mass is 16.5.